The average molecular weight is 650 g/mol. The van der Waals surface area contributed by atoms with Gasteiger partial charge < -0.3 is 14.7 Å². The van der Waals surface area contributed by atoms with Gasteiger partial charge in [-0.15, -0.1) is 0 Å². The van der Waals surface area contributed by atoms with Gasteiger partial charge in [-0.2, -0.15) is 0 Å². The summed E-state index contributed by atoms with van der Waals surface area (Å²) in [4.78, 5) is 58.1. The van der Waals surface area contributed by atoms with Crippen LogP contribution in [0.3, 0.4) is 0 Å². The van der Waals surface area contributed by atoms with Crippen molar-refractivity contribution < 1.29 is 29.0 Å². The number of phenols is 1. The highest BCUT2D eigenvalue weighted by Crippen LogP contribution is 2.56. The van der Waals surface area contributed by atoms with Crippen molar-refractivity contribution in [3.63, 3.8) is 0 Å². The fourth-order valence-electron chi connectivity index (χ4n) is 7.20. The van der Waals surface area contributed by atoms with E-state index in [4.69, 9.17) is 16.3 Å². The Kier molecular flexibility index (Phi) is 6.72. The monoisotopic (exact) mass is 648 g/mol. The molecule has 0 saturated carbocycles. The largest absolute Gasteiger partial charge is 0.508 e. The van der Waals surface area contributed by atoms with E-state index in [1.807, 2.05) is 18.2 Å². The van der Waals surface area contributed by atoms with Gasteiger partial charge >= 0.3 is 0 Å². The molecule has 2 aromatic carbocycles. The molecule has 10 heteroatoms. The third-order valence-corrected chi connectivity index (χ3v) is 10.0. The minimum absolute atomic E-state index is 0.0245. The summed E-state index contributed by atoms with van der Waals surface area (Å²) in [6, 6.07) is 12.0. The summed E-state index contributed by atoms with van der Waals surface area (Å²) < 4.78 is 5.60. The number of carbonyl (C=O) groups is 4. The number of ether oxygens (including phenoxy) is 1. The van der Waals surface area contributed by atoms with E-state index in [1.165, 1.54) is 23.1 Å². The Morgan fingerprint density at radius 1 is 0.929 bits per heavy atom. The molecular formula is C32H26BrClN2O6. The highest BCUT2D eigenvalue weighted by atomic mass is 79.9. The number of rotatable bonds is 3. The number of ketones is 2. The van der Waals surface area contributed by atoms with Crippen LogP contribution < -0.4 is 9.80 Å². The van der Waals surface area contributed by atoms with E-state index < -0.39 is 23.7 Å². The molecule has 2 aliphatic heterocycles. The number of phenolic OH excluding ortho intramolecular Hbond substituents is 1. The number of amides is 2. The zero-order chi connectivity index (χ0) is 29.3. The van der Waals surface area contributed by atoms with E-state index in [1.54, 1.807) is 18.2 Å². The van der Waals surface area contributed by atoms with Crippen LogP contribution in [0.2, 0.25) is 5.02 Å². The summed E-state index contributed by atoms with van der Waals surface area (Å²) in [5, 5.41) is 10.3. The topological polar surface area (TPSA) is 104 Å². The molecule has 0 unspecified atom stereocenters. The standard InChI is InChI=1S/C32H26BrClN2O6/c33-24-15-26(38)29-23(30(24)39)14-22-19(27(29)20-6-5-18(37)13-25(20)34)7-8-21-28(22)32(41)36(31(21)40)17-3-1-16(2-4-17)35-9-11-42-12-10-35/h1-7,13,15,21-22,27-28,37H,8-12,14H2/t21-,22+,27+,28-/m0/s1. The summed E-state index contributed by atoms with van der Waals surface area (Å²) in [7, 11) is 0. The maximum absolute atomic E-state index is 14.1. The molecule has 2 heterocycles. The smallest absolute Gasteiger partial charge is 0.238 e. The molecule has 7 rings (SSSR count). The second-order valence-electron chi connectivity index (χ2n) is 11.2. The third-order valence-electron chi connectivity index (χ3n) is 9.11. The van der Waals surface area contributed by atoms with Gasteiger partial charge in [0.05, 0.1) is 35.2 Å². The summed E-state index contributed by atoms with van der Waals surface area (Å²) in [5.41, 5.74) is 3.56. The van der Waals surface area contributed by atoms with Crippen LogP contribution in [-0.4, -0.2) is 54.8 Å². The van der Waals surface area contributed by atoms with Crippen molar-refractivity contribution in [1.82, 2.24) is 0 Å². The maximum atomic E-state index is 14.1. The van der Waals surface area contributed by atoms with E-state index in [9.17, 15) is 24.3 Å². The van der Waals surface area contributed by atoms with Crippen molar-refractivity contribution in [2.45, 2.75) is 18.8 Å². The minimum atomic E-state index is -0.684. The first-order valence-corrected chi connectivity index (χ1v) is 15.1. The average Bonchev–Trinajstić information content (AvgIpc) is 3.25. The van der Waals surface area contributed by atoms with Crippen LogP contribution in [0, 0.1) is 17.8 Å². The van der Waals surface area contributed by atoms with Crippen LogP contribution in [0.15, 0.2) is 75.8 Å². The first-order chi connectivity index (χ1) is 20.2. The van der Waals surface area contributed by atoms with Crippen LogP contribution in [0.1, 0.15) is 24.3 Å². The first-order valence-electron chi connectivity index (χ1n) is 13.9. The van der Waals surface area contributed by atoms with E-state index in [0.717, 1.165) is 24.4 Å². The van der Waals surface area contributed by atoms with Crippen LogP contribution in [0.4, 0.5) is 11.4 Å². The van der Waals surface area contributed by atoms with Gasteiger partial charge in [-0.1, -0.05) is 29.3 Å². The fourth-order valence-corrected chi connectivity index (χ4v) is 7.93. The number of halogens is 2. The number of nitrogens with zero attached hydrogens (tertiary/aromatic N) is 2. The minimum Gasteiger partial charge on any atom is -0.508 e. The van der Waals surface area contributed by atoms with Crippen molar-refractivity contribution in [2.24, 2.45) is 17.8 Å². The van der Waals surface area contributed by atoms with Gasteiger partial charge in [0.2, 0.25) is 11.8 Å². The molecule has 2 amide bonds. The lowest BCUT2D eigenvalue weighted by Gasteiger charge is -2.42. The number of carbonyl (C=O) groups excluding carboxylic acids is 4. The molecule has 0 aromatic heterocycles. The highest BCUT2D eigenvalue weighted by Gasteiger charge is 2.56. The van der Waals surface area contributed by atoms with Crippen LogP contribution >= 0.6 is 27.5 Å². The molecule has 2 saturated heterocycles. The van der Waals surface area contributed by atoms with E-state index in [-0.39, 0.29) is 45.1 Å². The highest BCUT2D eigenvalue weighted by molar-refractivity contribution is 9.12. The van der Waals surface area contributed by atoms with Gasteiger partial charge in [0.25, 0.3) is 0 Å². The van der Waals surface area contributed by atoms with Crippen LogP contribution in [0.25, 0.3) is 0 Å². The summed E-state index contributed by atoms with van der Waals surface area (Å²) >= 11 is 9.84. The lowest BCUT2D eigenvalue weighted by Crippen LogP contribution is -2.39. The number of hydrogen-bond acceptors (Lipinski definition) is 7. The molecule has 5 aliphatic rings. The van der Waals surface area contributed by atoms with E-state index in [2.05, 4.69) is 20.8 Å². The summed E-state index contributed by atoms with van der Waals surface area (Å²) in [6.45, 7) is 2.86. The quantitative estimate of drug-likeness (QED) is 0.288. The van der Waals surface area contributed by atoms with Crippen molar-refractivity contribution in [3.8, 4) is 5.75 Å². The maximum Gasteiger partial charge on any atom is 0.238 e. The Hall–Kier alpha value is -3.53. The normalized spacial score (nSPS) is 27.5. The Balaban J connectivity index is 1.27. The predicted octanol–water partition coefficient (Wildman–Crippen LogP) is 4.85. The van der Waals surface area contributed by atoms with Gasteiger partial charge in [0.15, 0.2) is 11.6 Å². The molecular weight excluding hydrogens is 624 g/mol. The van der Waals surface area contributed by atoms with Crippen molar-refractivity contribution in [2.75, 3.05) is 36.1 Å². The van der Waals surface area contributed by atoms with Gasteiger partial charge in [0, 0.05) is 46.9 Å². The second kappa shape index (κ2) is 10.3. The molecule has 2 fully saturated rings. The molecule has 2 aromatic rings. The molecule has 3 aliphatic carbocycles. The number of benzene rings is 2. The molecule has 0 radical (unpaired) electrons. The lowest BCUT2D eigenvalue weighted by molar-refractivity contribution is -0.123. The number of anilines is 2. The zero-order valence-electron chi connectivity index (χ0n) is 22.4. The zero-order valence-corrected chi connectivity index (χ0v) is 24.7. The number of imide groups is 1. The van der Waals surface area contributed by atoms with Crippen molar-refractivity contribution in [3.05, 3.63) is 86.4 Å². The first kappa shape index (κ1) is 27.3. The number of morpholine rings is 1. The number of fused-ring (bicyclic) bond motifs is 3. The number of aromatic hydroxyl groups is 1. The predicted molar refractivity (Wildman–Crippen MR) is 160 cm³/mol. The van der Waals surface area contributed by atoms with Crippen LogP contribution in [-0.2, 0) is 23.9 Å². The lowest BCUT2D eigenvalue weighted by atomic mass is 9.59. The van der Waals surface area contributed by atoms with E-state index >= 15 is 0 Å². The fraction of sp³-hybridized carbons (Fsp3) is 0.312. The summed E-state index contributed by atoms with van der Waals surface area (Å²) in [6.07, 6.45) is 3.73. The second-order valence-corrected chi connectivity index (χ2v) is 12.5. The van der Waals surface area contributed by atoms with Crippen molar-refractivity contribution in [1.29, 1.82) is 0 Å². The Bertz CT molecular complexity index is 1660. The van der Waals surface area contributed by atoms with E-state index in [0.29, 0.717) is 42.0 Å². The van der Waals surface area contributed by atoms with Gasteiger partial charge in [-0.25, -0.2) is 0 Å². The van der Waals surface area contributed by atoms with Crippen molar-refractivity contribution >= 4 is 62.3 Å². The number of hydrogen-bond donors (Lipinski definition) is 1. The summed E-state index contributed by atoms with van der Waals surface area (Å²) in [5.74, 6) is -3.60. The molecule has 1 N–H and O–H groups in total. The number of Topliss-reactive ketones (excluding diaryl/α,β-unsaturated/α-hetero) is 1. The Labute approximate surface area is 255 Å². The third kappa shape index (κ3) is 4.20. The molecule has 0 bridgehead atoms. The molecule has 8 nitrogen and oxygen atoms in total. The molecule has 0 spiro atoms. The van der Waals surface area contributed by atoms with Gasteiger partial charge in [-0.05, 0) is 76.7 Å². The molecule has 214 valence electrons. The Morgan fingerprint density at radius 2 is 1.64 bits per heavy atom. The molecule has 42 heavy (non-hydrogen) atoms. The van der Waals surface area contributed by atoms with Gasteiger partial charge in [0.1, 0.15) is 5.75 Å². The van der Waals surface area contributed by atoms with Gasteiger partial charge in [-0.3, -0.25) is 24.1 Å². The SMILES string of the molecule is O=C1C=C(Br)C(=O)C2=C1[C@@H](c1ccc(O)cc1Cl)C1=CC[C@@H]3C(=O)N(c4ccc(N5CCOCC5)cc4)C(=O)[C@@H]3[C@@H]1C2. The number of allylic oxidation sites excluding steroid dienone is 6. The molecule has 4 atom stereocenters. The van der Waals surface area contributed by atoms with Crippen LogP contribution in [0.5, 0.6) is 5.75 Å². The Morgan fingerprint density at radius 3 is 2.36 bits per heavy atom.